The lowest BCUT2D eigenvalue weighted by Crippen LogP contribution is -1.96. The molecule has 3 rings (SSSR count). The molecule has 1 aromatic heterocycles. The monoisotopic (exact) mass is 281 g/mol. The lowest BCUT2D eigenvalue weighted by molar-refractivity contribution is 0.293. The van der Waals surface area contributed by atoms with Crippen molar-refractivity contribution in [1.29, 1.82) is 0 Å². The van der Waals surface area contributed by atoms with E-state index in [1.54, 1.807) is 6.07 Å². The average molecular weight is 281 g/mol. The van der Waals surface area contributed by atoms with Crippen molar-refractivity contribution in [2.24, 2.45) is 0 Å². The minimum absolute atomic E-state index is 0.186. The van der Waals surface area contributed by atoms with Crippen LogP contribution >= 0.6 is 0 Å². The predicted molar refractivity (Wildman–Crippen MR) is 85.8 cm³/mol. The number of phenolic OH excluding ortho intramolecular Hbond substituents is 1. The number of unbranched alkanes of at least 4 members (excludes halogenated alkanes) is 1. The Labute approximate surface area is 124 Å². The Kier molecular flexibility index (Phi) is 3.82. The standard InChI is InChI=1S/C18H19NO2/c1-2-3-10-21-18-12-14(8-9-17(18)20)16-11-13-6-4-5-7-15(13)19-16/h4-9,11-12,19-20H,2-3,10H2,1H3. The van der Waals surface area contributed by atoms with Crippen LogP contribution in [0.1, 0.15) is 19.8 Å². The van der Waals surface area contributed by atoms with Crippen LogP contribution in [-0.2, 0) is 0 Å². The number of hydrogen-bond acceptors (Lipinski definition) is 2. The van der Waals surface area contributed by atoms with E-state index in [-0.39, 0.29) is 5.75 Å². The smallest absolute Gasteiger partial charge is 0.161 e. The molecule has 2 aromatic carbocycles. The normalized spacial score (nSPS) is 10.9. The van der Waals surface area contributed by atoms with Crippen molar-refractivity contribution >= 4 is 10.9 Å². The number of benzene rings is 2. The molecule has 0 unspecified atom stereocenters. The average Bonchev–Trinajstić information content (AvgIpc) is 2.93. The molecule has 0 amide bonds. The van der Waals surface area contributed by atoms with E-state index in [1.165, 1.54) is 5.39 Å². The maximum atomic E-state index is 9.89. The Morgan fingerprint density at radius 2 is 1.95 bits per heavy atom. The second kappa shape index (κ2) is 5.92. The first kappa shape index (κ1) is 13.6. The SMILES string of the molecule is CCCCOc1cc(-c2cc3ccccc3[nH]2)ccc1O. The highest BCUT2D eigenvalue weighted by molar-refractivity contribution is 5.86. The molecule has 0 aliphatic rings. The topological polar surface area (TPSA) is 45.2 Å². The molecule has 21 heavy (non-hydrogen) atoms. The number of hydrogen-bond donors (Lipinski definition) is 2. The zero-order valence-electron chi connectivity index (χ0n) is 12.1. The molecule has 0 atom stereocenters. The van der Waals surface area contributed by atoms with Gasteiger partial charge in [0.1, 0.15) is 0 Å². The summed E-state index contributed by atoms with van der Waals surface area (Å²) in [7, 11) is 0. The third-order valence-electron chi connectivity index (χ3n) is 3.56. The second-order valence-electron chi connectivity index (χ2n) is 5.15. The highest BCUT2D eigenvalue weighted by Crippen LogP contribution is 2.32. The maximum absolute atomic E-state index is 9.89. The van der Waals surface area contributed by atoms with Gasteiger partial charge in [-0.2, -0.15) is 0 Å². The van der Waals surface area contributed by atoms with Gasteiger partial charge in [-0.05, 0) is 36.8 Å². The summed E-state index contributed by atoms with van der Waals surface area (Å²) in [5.41, 5.74) is 3.14. The van der Waals surface area contributed by atoms with E-state index in [0.29, 0.717) is 12.4 Å². The van der Waals surface area contributed by atoms with Crippen molar-refractivity contribution in [1.82, 2.24) is 4.98 Å². The van der Waals surface area contributed by atoms with E-state index in [9.17, 15) is 5.11 Å². The van der Waals surface area contributed by atoms with Crippen LogP contribution in [0, 0.1) is 0 Å². The zero-order valence-corrected chi connectivity index (χ0v) is 12.1. The van der Waals surface area contributed by atoms with Crippen molar-refractivity contribution in [3.63, 3.8) is 0 Å². The van der Waals surface area contributed by atoms with Crippen molar-refractivity contribution in [3.8, 4) is 22.8 Å². The molecule has 0 spiro atoms. The van der Waals surface area contributed by atoms with E-state index in [2.05, 4.69) is 30.1 Å². The van der Waals surface area contributed by atoms with Crippen molar-refractivity contribution in [3.05, 3.63) is 48.5 Å². The summed E-state index contributed by atoms with van der Waals surface area (Å²) in [6, 6.07) is 15.7. The first-order valence-electron chi connectivity index (χ1n) is 7.32. The number of nitrogens with one attached hydrogen (secondary N) is 1. The molecule has 3 aromatic rings. The number of H-pyrrole nitrogens is 1. The third-order valence-corrected chi connectivity index (χ3v) is 3.56. The van der Waals surface area contributed by atoms with E-state index >= 15 is 0 Å². The molecule has 0 saturated carbocycles. The molecule has 0 aliphatic heterocycles. The molecule has 108 valence electrons. The fourth-order valence-electron chi connectivity index (χ4n) is 2.35. The van der Waals surface area contributed by atoms with Gasteiger partial charge >= 0.3 is 0 Å². The summed E-state index contributed by atoms with van der Waals surface area (Å²) in [6.45, 7) is 2.74. The summed E-state index contributed by atoms with van der Waals surface area (Å²) in [4.78, 5) is 3.39. The number of aromatic hydroxyl groups is 1. The Hall–Kier alpha value is -2.42. The molecule has 0 aliphatic carbocycles. The number of ether oxygens (including phenoxy) is 1. The molecule has 2 N–H and O–H groups in total. The van der Waals surface area contributed by atoms with Crippen LogP contribution in [0.15, 0.2) is 48.5 Å². The van der Waals surface area contributed by atoms with Gasteiger partial charge in [0.05, 0.1) is 6.61 Å². The number of rotatable bonds is 5. The predicted octanol–water partition coefficient (Wildman–Crippen LogP) is 4.72. The Bertz CT molecular complexity index is 713. The van der Waals surface area contributed by atoms with Crippen molar-refractivity contribution < 1.29 is 9.84 Å². The number of para-hydroxylation sites is 1. The number of fused-ring (bicyclic) bond motifs is 1. The number of phenols is 1. The highest BCUT2D eigenvalue weighted by Gasteiger charge is 2.08. The maximum Gasteiger partial charge on any atom is 0.161 e. The van der Waals surface area contributed by atoms with Gasteiger partial charge < -0.3 is 14.8 Å². The first-order valence-corrected chi connectivity index (χ1v) is 7.32. The lowest BCUT2D eigenvalue weighted by atomic mass is 10.1. The van der Waals surface area contributed by atoms with Gasteiger partial charge in [0.15, 0.2) is 11.5 Å². The zero-order chi connectivity index (χ0) is 14.7. The molecule has 0 fully saturated rings. The van der Waals surface area contributed by atoms with Gasteiger partial charge in [-0.25, -0.2) is 0 Å². The Morgan fingerprint density at radius 1 is 1.10 bits per heavy atom. The van der Waals surface area contributed by atoms with E-state index in [4.69, 9.17) is 4.74 Å². The summed E-state index contributed by atoms with van der Waals surface area (Å²) in [6.07, 6.45) is 2.05. The van der Waals surface area contributed by atoms with Gasteiger partial charge in [-0.15, -0.1) is 0 Å². The third kappa shape index (κ3) is 2.87. The van der Waals surface area contributed by atoms with Crippen LogP contribution in [0.5, 0.6) is 11.5 Å². The van der Waals surface area contributed by atoms with Gasteiger partial charge in [0.25, 0.3) is 0 Å². The van der Waals surface area contributed by atoms with Gasteiger partial charge in [-0.1, -0.05) is 31.5 Å². The highest BCUT2D eigenvalue weighted by atomic mass is 16.5. The van der Waals surface area contributed by atoms with Gasteiger partial charge in [-0.3, -0.25) is 0 Å². The van der Waals surface area contributed by atoms with E-state index in [0.717, 1.165) is 29.6 Å². The number of aromatic nitrogens is 1. The second-order valence-corrected chi connectivity index (χ2v) is 5.15. The molecular formula is C18H19NO2. The van der Waals surface area contributed by atoms with E-state index < -0.39 is 0 Å². The van der Waals surface area contributed by atoms with Crippen LogP contribution in [-0.4, -0.2) is 16.7 Å². The minimum atomic E-state index is 0.186. The molecular weight excluding hydrogens is 262 g/mol. The Balaban J connectivity index is 1.92. The van der Waals surface area contributed by atoms with E-state index in [1.807, 2.05) is 24.3 Å². The lowest BCUT2D eigenvalue weighted by Gasteiger charge is -2.09. The van der Waals surface area contributed by atoms with Crippen LogP contribution in [0.4, 0.5) is 0 Å². The molecule has 3 heteroatoms. The molecule has 0 bridgehead atoms. The molecule has 0 radical (unpaired) electrons. The van der Waals surface area contributed by atoms with Crippen LogP contribution in [0.25, 0.3) is 22.2 Å². The van der Waals surface area contributed by atoms with Crippen LogP contribution in [0.2, 0.25) is 0 Å². The summed E-state index contributed by atoms with van der Waals surface area (Å²) >= 11 is 0. The van der Waals surface area contributed by atoms with Gasteiger partial charge in [0.2, 0.25) is 0 Å². The fourth-order valence-corrected chi connectivity index (χ4v) is 2.35. The fraction of sp³-hybridized carbons (Fsp3) is 0.222. The molecule has 3 nitrogen and oxygen atoms in total. The van der Waals surface area contributed by atoms with Crippen molar-refractivity contribution in [2.45, 2.75) is 19.8 Å². The largest absolute Gasteiger partial charge is 0.504 e. The van der Waals surface area contributed by atoms with Crippen molar-refractivity contribution in [2.75, 3.05) is 6.61 Å². The Morgan fingerprint density at radius 3 is 2.76 bits per heavy atom. The van der Waals surface area contributed by atoms with Gasteiger partial charge in [0, 0.05) is 22.2 Å². The minimum Gasteiger partial charge on any atom is -0.504 e. The molecule has 0 saturated heterocycles. The summed E-state index contributed by atoms with van der Waals surface area (Å²) in [5, 5.41) is 11.1. The quantitative estimate of drug-likeness (QED) is 0.665. The summed E-state index contributed by atoms with van der Waals surface area (Å²) < 4.78 is 5.65. The van der Waals surface area contributed by atoms with Crippen LogP contribution in [0.3, 0.4) is 0 Å². The number of aromatic amines is 1. The summed E-state index contributed by atoms with van der Waals surface area (Å²) in [5.74, 6) is 0.727. The first-order chi connectivity index (χ1) is 10.3. The molecule has 1 heterocycles. The van der Waals surface area contributed by atoms with Crippen LogP contribution < -0.4 is 4.74 Å².